The Morgan fingerprint density at radius 1 is 1.28 bits per heavy atom. The molecule has 1 saturated carbocycles. The van der Waals surface area contributed by atoms with Gasteiger partial charge in [0.2, 0.25) is 10.0 Å². The van der Waals surface area contributed by atoms with E-state index in [0.29, 0.717) is 23.7 Å². The molecule has 142 valence electrons. The lowest BCUT2D eigenvalue weighted by Crippen LogP contribution is -2.45. The highest BCUT2D eigenvalue weighted by molar-refractivity contribution is 7.92. The molecule has 8 heteroatoms. The van der Waals surface area contributed by atoms with Crippen LogP contribution in [0.4, 0.5) is 5.69 Å². The van der Waals surface area contributed by atoms with Gasteiger partial charge in [0.15, 0.2) is 0 Å². The SMILES string of the molecule is Cc1ccc(C(=O)NC(CN)C2CCCCC2)cc1NS(C)(=O)=O.Cl. The third kappa shape index (κ3) is 6.49. The summed E-state index contributed by atoms with van der Waals surface area (Å²) in [6.45, 7) is 2.20. The van der Waals surface area contributed by atoms with Crippen LogP contribution < -0.4 is 15.8 Å². The molecular formula is C17H28ClN3O3S. The van der Waals surface area contributed by atoms with Gasteiger partial charge in [0.05, 0.1) is 11.9 Å². The van der Waals surface area contributed by atoms with E-state index < -0.39 is 10.0 Å². The van der Waals surface area contributed by atoms with Gasteiger partial charge in [-0.1, -0.05) is 25.3 Å². The topological polar surface area (TPSA) is 101 Å². The van der Waals surface area contributed by atoms with E-state index in [-0.39, 0.29) is 24.4 Å². The Morgan fingerprint density at radius 2 is 1.92 bits per heavy atom. The Hall–Kier alpha value is -1.31. The number of hydrogen-bond acceptors (Lipinski definition) is 4. The van der Waals surface area contributed by atoms with Gasteiger partial charge in [0.25, 0.3) is 5.91 Å². The normalized spacial score (nSPS) is 16.6. The molecule has 0 heterocycles. The summed E-state index contributed by atoms with van der Waals surface area (Å²) in [4.78, 5) is 12.5. The van der Waals surface area contributed by atoms with Gasteiger partial charge in [-0.2, -0.15) is 0 Å². The van der Waals surface area contributed by atoms with E-state index >= 15 is 0 Å². The van der Waals surface area contributed by atoms with Crippen molar-refractivity contribution in [2.75, 3.05) is 17.5 Å². The summed E-state index contributed by atoms with van der Waals surface area (Å²) < 4.78 is 25.3. The predicted octanol–water partition coefficient (Wildman–Crippen LogP) is 2.43. The van der Waals surface area contributed by atoms with Gasteiger partial charge < -0.3 is 11.1 Å². The van der Waals surface area contributed by atoms with E-state index in [1.165, 1.54) is 19.3 Å². The zero-order chi connectivity index (χ0) is 17.7. The van der Waals surface area contributed by atoms with E-state index in [9.17, 15) is 13.2 Å². The smallest absolute Gasteiger partial charge is 0.251 e. The highest BCUT2D eigenvalue weighted by Gasteiger charge is 2.24. The number of benzene rings is 1. The number of rotatable bonds is 6. The Labute approximate surface area is 156 Å². The highest BCUT2D eigenvalue weighted by Crippen LogP contribution is 2.26. The first-order chi connectivity index (χ1) is 11.3. The lowest BCUT2D eigenvalue weighted by molar-refractivity contribution is 0.0915. The minimum Gasteiger partial charge on any atom is -0.348 e. The first-order valence-corrected chi connectivity index (χ1v) is 10.3. The third-order valence-electron chi connectivity index (χ3n) is 4.58. The van der Waals surface area contributed by atoms with Gasteiger partial charge in [0.1, 0.15) is 0 Å². The maximum atomic E-state index is 12.5. The summed E-state index contributed by atoms with van der Waals surface area (Å²) in [5, 5.41) is 3.02. The van der Waals surface area contributed by atoms with Gasteiger partial charge in [-0.25, -0.2) is 8.42 Å². The third-order valence-corrected chi connectivity index (χ3v) is 5.18. The van der Waals surface area contributed by atoms with Crippen LogP contribution in [0.3, 0.4) is 0 Å². The number of amides is 1. The molecule has 1 amide bonds. The van der Waals surface area contributed by atoms with Crippen LogP contribution in [-0.2, 0) is 10.0 Å². The van der Waals surface area contributed by atoms with Crippen molar-refractivity contribution in [2.24, 2.45) is 11.7 Å². The molecule has 0 spiro atoms. The first kappa shape index (κ1) is 21.7. The molecule has 1 aliphatic rings. The standard InChI is InChI=1S/C17H27N3O3S.ClH/c1-12-8-9-14(10-15(12)20-24(2,22)23)17(21)19-16(11-18)13-6-4-3-5-7-13;/h8-10,13,16,20H,3-7,11,18H2,1-2H3,(H,19,21);1H. The summed E-state index contributed by atoms with van der Waals surface area (Å²) >= 11 is 0. The molecule has 1 aromatic rings. The summed E-state index contributed by atoms with van der Waals surface area (Å²) in [7, 11) is -3.39. The largest absolute Gasteiger partial charge is 0.348 e. The zero-order valence-electron chi connectivity index (χ0n) is 14.7. The van der Waals surface area contributed by atoms with Crippen molar-refractivity contribution in [1.82, 2.24) is 5.32 Å². The van der Waals surface area contributed by atoms with Crippen molar-refractivity contribution < 1.29 is 13.2 Å². The number of anilines is 1. The van der Waals surface area contributed by atoms with E-state index in [0.717, 1.165) is 24.7 Å². The molecule has 0 saturated heterocycles. The Balaban J connectivity index is 0.00000312. The van der Waals surface area contributed by atoms with Gasteiger partial charge in [0, 0.05) is 18.2 Å². The average molecular weight is 390 g/mol. The molecule has 1 fully saturated rings. The molecule has 0 bridgehead atoms. The minimum absolute atomic E-state index is 0. The molecule has 4 N–H and O–H groups in total. The van der Waals surface area contributed by atoms with Gasteiger partial charge in [-0.15, -0.1) is 12.4 Å². The van der Waals surface area contributed by atoms with Gasteiger partial charge in [-0.3, -0.25) is 9.52 Å². The lowest BCUT2D eigenvalue weighted by atomic mass is 9.84. The molecule has 6 nitrogen and oxygen atoms in total. The number of halogens is 1. The molecule has 0 aliphatic heterocycles. The van der Waals surface area contributed by atoms with Crippen LogP contribution >= 0.6 is 12.4 Å². The quantitative estimate of drug-likeness (QED) is 0.695. The van der Waals surface area contributed by atoms with Crippen molar-refractivity contribution in [3.8, 4) is 0 Å². The second-order valence-corrected chi connectivity index (χ2v) is 8.37. The Morgan fingerprint density at radius 3 is 2.48 bits per heavy atom. The minimum atomic E-state index is -3.39. The van der Waals surface area contributed by atoms with E-state index in [2.05, 4.69) is 10.0 Å². The number of nitrogens with two attached hydrogens (primary N) is 1. The maximum absolute atomic E-state index is 12.5. The predicted molar refractivity (Wildman–Crippen MR) is 104 cm³/mol. The van der Waals surface area contributed by atoms with Gasteiger partial charge in [-0.05, 0) is 43.4 Å². The van der Waals surface area contributed by atoms with E-state index in [1.807, 2.05) is 0 Å². The second kappa shape index (κ2) is 9.40. The van der Waals surface area contributed by atoms with Crippen molar-refractivity contribution in [3.63, 3.8) is 0 Å². The Kier molecular flexibility index (Phi) is 8.18. The first-order valence-electron chi connectivity index (χ1n) is 8.39. The van der Waals surface area contributed by atoms with Crippen LogP contribution in [0.25, 0.3) is 0 Å². The van der Waals surface area contributed by atoms with Crippen molar-refractivity contribution in [1.29, 1.82) is 0 Å². The van der Waals surface area contributed by atoms with Crippen LogP contribution in [0.15, 0.2) is 18.2 Å². The molecule has 1 aromatic carbocycles. The number of carbonyl (C=O) groups excluding carboxylic acids is 1. The number of sulfonamides is 1. The molecule has 1 unspecified atom stereocenters. The van der Waals surface area contributed by atoms with Crippen LogP contribution in [0.1, 0.15) is 48.0 Å². The molecule has 1 atom stereocenters. The summed E-state index contributed by atoms with van der Waals surface area (Å²) in [6.07, 6.45) is 6.90. The monoisotopic (exact) mass is 389 g/mol. The van der Waals surface area contributed by atoms with Crippen LogP contribution in [-0.4, -0.2) is 33.2 Å². The summed E-state index contributed by atoms with van der Waals surface area (Å²) in [5.41, 5.74) is 7.48. The van der Waals surface area contributed by atoms with E-state index in [1.54, 1.807) is 25.1 Å². The van der Waals surface area contributed by atoms with E-state index in [4.69, 9.17) is 5.73 Å². The number of aryl methyl sites for hydroxylation is 1. The number of nitrogens with one attached hydrogen (secondary N) is 2. The fraction of sp³-hybridized carbons (Fsp3) is 0.588. The molecule has 2 rings (SSSR count). The van der Waals surface area contributed by atoms with Gasteiger partial charge >= 0.3 is 0 Å². The van der Waals surface area contributed by atoms with Crippen molar-refractivity contribution in [2.45, 2.75) is 45.1 Å². The molecule has 1 aliphatic carbocycles. The van der Waals surface area contributed by atoms with Crippen molar-refractivity contribution in [3.05, 3.63) is 29.3 Å². The molecule has 0 aromatic heterocycles. The van der Waals surface area contributed by atoms with Crippen LogP contribution in [0.2, 0.25) is 0 Å². The molecular weight excluding hydrogens is 362 g/mol. The summed E-state index contributed by atoms with van der Waals surface area (Å²) in [6, 6.07) is 4.97. The number of hydrogen-bond donors (Lipinski definition) is 3. The van der Waals surface area contributed by atoms with Crippen LogP contribution in [0, 0.1) is 12.8 Å². The fourth-order valence-electron chi connectivity index (χ4n) is 3.23. The maximum Gasteiger partial charge on any atom is 0.251 e. The van der Waals surface area contributed by atoms with Crippen LogP contribution in [0.5, 0.6) is 0 Å². The lowest BCUT2D eigenvalue weighted by Gasteiger charge is -2.30. The molecule has 0 radical (unpaired) electrons. The summed E-state index contributed by atoms with van der Waals surface area (Å²) in [5.74, 6) is 0.208. The fourth-order valence-corrected chi connectivity index (χ4v) is 3.85. The molecule has 25 heavy (non-hydrogen) atoms. The number of carbonyl (C=O) groups is 1. The average Bonchev–Trinajstić information content (AvgIpc) is 2.54. The zero-order valence-corrected chi connectivity index (χ0v) is 16.4. The van der Waals surface area contributed by atoms with Crippen molar-refractivity contribution >= 4 is 34.0 Å². The highest BCUT2D eigenvalue weighted by atomic mass is 35.5. The Bertz CT molecular complexity index is 688. The second-order valence-electron chi connectivity index (χ2n) is 6.62.